The number of anilines is 1. The number of carbonyl (C=O) groups is 1. The van der Waals surface area contributed by atoms with Crippen LogP contribution in [0, 0.1) is 0 Å². The van der Waals surface area contributed by atoms with Gasteiger partial charge in [-0.15, -0.1) is 22.7 Å². The molecule has 7 heteroatoms. The number of phenols is 1. The Kier molecular flexibility index (Phi) is 4.63. The molecule has 4 aromatic rings. The second-order valence-electron chi connectivity index (χ2n) is 5.65. The van der Waals surface area contributed by atoms with E-state index in [1.807, 2.05) is 30.3 Å². The molecule has 2 N–H and O–H groups in total. The first kappa shape index (κ1) is 17.0. The van der Waals surface area contributed by atoms with E-state index in [2.05, 4.69) is 10.3 Å². The van der Waals surface area contributed by atoms with Gasteiger partial charge in [-0.3, -0.25) is 4.79 Å². The minimum absolute atomic E-state index is 0.0843. The number of aromatic nitrogens is 1. The van der Waals surface area contributed by atoms with Crippen molar-refractivity contribution in [2.75, 3.05) is 5.32 Å². The van der Waals surface area contributed by atoms with Gasteiger partial charge in [0.1, 0.15) is 10.8 Å². The van der Waals surface area contributed by atoms with Crippen molar-refractivity contribution in [2.24, 2.45) is 0 Å². The predicted octanol–water partition coefficient (Wildman–Crippen LogP) is 5.57. The third-order valence-corrected chi connectivity index (χ3v) is 6.07. The van der Waals surface area contributed by atoms with Gasteiger partial charge in [-0.25, -0.2) is 4.98 Å². The van der Waals surface area contributed by atoms with E-state index in [-0.39, 0.29) is 18.1 Å². The molecule has 2 heterocycles. The molecule has 0 aliphatic rings. The summed E-state index contributed by atoms with van der Waals surface area (Å²) in [6.45, 7) is 0. The number of aromatic hydroxyl groups is 1. The fraction of sp³-hybridized carbons (Fsp3) is 0.0526. The minimum Gasteiger partial charge on any atom is -0.507 e. The van der Waals surface area contributed by atoms with E-state index in [1.54, 1.807) is 24.3 Å². The van der Waals surface area contributed by atoms with Crippen LogP contribution in [-0.2, 0) is 11.2 Å². The molecule has 0 saturated heterocycles. The number of nitrogens with one attached hydrogen (secondary N) is 1. The lowest BCUT2D eigenvalue weighted by molar-refractivity contribution is -0.115. The average Bonchev–Trinajstić information content (AvgIpc) is 3.20. The number of thiophene rings is 1. The van der Waals surface area contributed by atoms with Gasteiger partial charge >= 0.3 is 0 Å². The molecular formula is C19H13ClN2O2S2. The van der Waals surface area contributed by atoms with Crippen LogP contribution < -0.4 is 5.32 Å². The maximum atomic E-state index is 12.1. The third kappa shape index (κ3) is 3.58. The summed E-state index contributed by atoms with van der Waals surface area (Å²) >= 11 is 8.78. The van der Waals surface area contributed by atoms with Gasteiger partial charge < -0.3 is 10.4 Å². The first-order valence-electron chi connectivity index (χ1n) is 7.81. The van der Waals surface area contributed by atoms with Crippen molar-refractivity contribution in [3.8, 4) is 16.3 Å². The zero-order valence-electron chi connectivity index (χ0n) is 13.4. The fourth-order valence-electron chi connectivity index (χ4n) is 2.59. The van der Waals surface area contributed by atoms with Crippen LogP contribution in [0.3, 0.4) is 0 Å². The van der Waals surface area contributed by atoms with Gasteiger partial charge in [-0.2, -0.15) is 0 Å². The summed E-state index contributed by atoms with van der Waals surface area (Å²) in [5.41, 5.74) is 2.09. The summed E-state index contributed by atoms with van der Waals surface area (Å²) in [5.74, 6) is -0.0725. The summed E-state index contributed by atoms with van der Waals surface area (Å²) in [7, 11) is 0. The first-order chi connectivity index (χ1) is 12.6. The molecule has 0 fully saturated rings. The van der Waals surface area contributed by atoms with E-state index in [1.165, 1.54) is 22.7 Å². The molecule has 0 radical (unpaired) electrons. The number of rotatable bonds is 4. The van der Waals surface area contributed by atoms with Crippen LogP contribution in [0.4, 0.5) is 5.69 Å². The van der Waals surface area contributed by atoms with Crippen LogP contribution in [0.15, 0.2) is 54.6 Å². The minimum atomic E-state index is -0.157. The molecule has 2 aromatic heterocycles. The summed E-state index contributed by atoms with van der Waals surface area (Å²) in [4.78, 5) is 17.6. The highest BCUT2D eigenvalue weighted by Gasteiger charge is 2.12. The van der Waals surface area contributed by atoms with E-state index >= 15 is 0 Å². The lowest BCUT2D eigenvalue weighted by Gasteiger charge is -2.07. The zero-order valence-corrected chi connectivity index (χ0v) is 15.8. The van der Waals surface area contributed by atoms with Crippen LogP contribution in [-0.4, -0.2) is 16.0 Å². The number of para-hydroxylation sites is 1. The Balaban J connectivity index is 1.53. The highest BCUT2D eigenvalue weighted by Crippen LogP contribution is 2.36. The number of phenolic OH excluding ortho intramolecular Hbond substituents is 1. The first-order valence-corrected chi connectivity index (χ1v) is 9.82. The molecule has 0 unspecified atom stereocenters. The van der Waals surface area contributed by atoms with Gasteiger partial charge in [0.25, 0.3) is 0 Å². The number of nitrogens with zero attached hydrogens (tertiary/aromatic N) is 1. The van der Waals surface area contributed by atoms with Gasteiger partial charge in [-0.1, -0.05) is 23.7 Å². The van der Waals surface area contributed by atoms with Crippen LogP contribution >= 0.6 is 34.3 Å². The number of thiazole rings is 1. The fourth-order valence-corrected chi connectivity index (χ4v) is 4.67. The molecule has 0 saturated carbocycles. The predicted molar refractivity (Wildman–Crippen MR) is 108 cm³/mol. The number of benzene rings is 2. The van der Waals surface area contributed by atoms with E-state index in [0.717, 1.165) is 20.1 Å². The Hall–Kier alpha value is -2.41. The van der Waals surface area contributed by atoms with Crippen LogP contribution in [0.2, 0.25) is 4.34 Å². The highest BCUT2D eigenvalue weighted by molar-refractivity contribution is 7.21. The summed E-state index contributed by atoms with van der Waals surface area (Å²) < 4.78 is 1.72. The number of fused-ring (bicyclic) bond motifs is 1. The molecule has 26 heavy (non-hydrogen) atoms. The Morgan fingerprint density at radius 1 is 1.12 bits per heavy atom. The van der Waals surface area contributed by atoms with Gasteiger partial charge in [0.15, 0.2) is 0 Å². The average molecular weight is 401 g/mol. The van der Waals surface area contributed by atoms with Crippen molar-refractivity contribution in [2.45, 2.75) is 6.42 Å². The van der Waals surface area contributed by atoms with Crippen molar-refractivity contribution in [3.05, 3.63) is 63.8 Å². The van der Waals surface area contributed by atoms with Crippen LogP contribution in [0.25, 0.3) is 20.8 Å². The van der Waals surface area contributed by atoms with Crippen LogP contribution in [0.5, 0.6) is 5.75 Å². The second-order valence-corrected chi connectivity index (χ2v) is 8.48. The van der Waals surface area contributed by atoms with Crippen molar-refractivity contribution < 1.29 is 9.90 Å². The van der Waals surface area contributed by atoms with E-state index < -0.39 is 0 Å². The van der Waals surface area contributed by atoms with Crippen molar-refractivity contribution in [1.82, 2.24) is 4.98 Å². The quantitative estimate of drug-likeness (QED) is 0.471. The molecular weight excluding hydrogens is 388 g/mol. The van der Waals surface area contributed by atoms with Gasteiger partial charge in [0.2, 0.25) is 5.91 Å². The van der Waals surface area contributed by atoms with E-state index in [4.69, 9.17) is 11.6 Å². The maximum Gasteiger partial charge on any atom is 0.229 e. The Morgan fingerprint density at radius 2 is 1.96 bits per heavy atom. The maximum absolute atomic E-state index is 12.1. The Bertz CT molecular complexity index is 1070. The second kappa shape index (κ2) is 7.07. The number of amides is 1. The number of hydrogen-bond acceptors (Lipinski definition) is 5. The SMILES string of the molecule is O=C(Cc1ccc(Cl)s1)Nc1ccc(-c2nc3ccccc3s2)c(O)c1. The monoisotopic (exact) mass is 400 g/mol. The van der Waals surface area contributed by atoms with Gasteiger partial charge in [0.05, 0.1) is 26.5 Å². The molecule has 1 amide bonds. The number of hydrogen-bond donors (Lipinski definition) is 2. The Morgan fingerprint density at radius 3 is 2.69 bits per heavy atom. The molecule has 130 valence electrons. The van der Waals surface area contributed by atoms with Gasteiger partial charge in [0, 0.05) is 16.6 Å². The van der Waals surface area contributed by atoms with Crippen molar-refractivity contribution in [3.63, 3.8) is 0 Å². The standard InChI is InChI=1S/C19H13ClN2O2S2/c20-17-8-6-12(25-17)10-18(24)21-11-5-7-13(15(23)9-11)19-22-14-3-1-2-4-16(14)26-19/h1-9,23H,10H2,(H,21,24). The molecule has 2 aromatic carbocycles. The number of carbonyl (C=O) groups excluding carboxylic acids is 1. The topological polar surface area (TPSA) is 62.2 Å². The summed E-state index contributed by atoms with van der Waals surface area (Å²) in [6, 6.07) is 16.5. The number of halogens is 1. The van der Waals surface area contributed by atoms with Crippen molar-refractivity contribution >= 4 is 56.1 Å². The van der Waals surface area contributed by atoms with E-state index in [0.29, 0.717) is 15.6 Å². The van der Waals surface area contributed by atoms with Gasteiger partial charge in [-0.05, 0) is 36.4 Å². The zero-order chi connectivity index (χ0) is 18.1. The Labute approximate surface area is 162 Å². The molecule has 0 spiro atoms. The highest BCUT2D eigenvalue weighted by atomic mass is 35.5. The van der Waals surface area contributed by atoms with Crippen LogP contribution in [0.1, 0.15) is 4.88 Å². The lowest BCUT2D eigenvalue weighted by Crippen LogP contribution is -2.13. The van der Waals surface area contributed by atoms with Crippen molar-refractivity contribution in [1.29, 1.82) is 0 Å². The lowest BCUT2D eigenvalue weighted by atomic mass is 10.2. The molecule has 0 aliphatic heterocycles. The largest absolute Gasteiger partial charge is 0.507 e. The summed E-state index contributed by atoms with van der Waals surface area (Å²) in [6.07, 6.45) is 0.248. The summed E-state index contributed by atoms with van der Waals surface area (Å²) in [5, 5.41) is 13.9. The smallest absolute Gasteiger partial charge is 0.229 e. The van der Waals surface area contributed by atoms with E-state index in [9.17, 15) is 9.90 Å². The molecule has 4 nitrogen and oxygen atoms in total. The third-order valence-electron chi connectivity index (χ3n) is 3.77. The molecule has 4 rings (SSSR count). The molecule has 0 atom stereocenters. The normalized spacial score (nSPS) is 11.0. The molecule has 0 bridgehead atoms. The molecule has 0 aliphatic carbocycles.